The molecule has 0 N–H and O–H groups in total. The van der Waals surface area contributed by atoms with Crippen molar-refractivity contribution in [3.8, 4) is 0 Å². The molecule has 0 bridgehead atoms. The summed E-state index contributed by atoms with van der Waals surface area (Å²) in [7, 11) is 18.3. The van der Waals surface area contributed by atoms with E-state index in [1.165, 1.54) is 122 Å². The summed E-state index contributed by atoms with van der Waals surface area (Å²) in [5, 5.41) is 0. The Morgan fingerprint density at radius 1 is 0.528 bits per heavy atom. The van der Waals surface area contributed by atoms with Crippen LogP contribution < -0.4 is 0 Å². The van der Waals surface area contributed by atoms with Crippen LogP contribution in [0.5, 0.6) is 0 Å². The molecule has 17 unspecified atom stereocenters. The molecule has 494 valence electrons. The number of allylic oxidation sites excluding steroid dienone is 6. The van der Waals surface area contributed by atoms with Crippen molar-refractivity contribution >= 4 is 43.7 Å². The van der Waals surface area contributed by atoms with Crippen LogP contribution >= 0.6 is 35.6 Å². The van der Waals surface area contributed by atoms with Gasteiger partial charge in [-0.05, 0) is 228 Å². The van der Waals surface area contributed by atoms with Crippen LogP contribution in [0.3, 0.4) is 0 Å². The number of hydrogen-bond donors (Lipinski definition) is 0. The first-order valence-corrected chi connectivity index (χ1v) is 48.5. The Kier molecular flexibility index (Phi) is 31.4. The summed E-state index contributed by atoms with van der Waals surface area (Å²) in [5.74, 6) is 13.5. The van der Waals surface area contributed by atoms with E-state index in [-0.39, 0.29) is 40.5 Å². The van der Waals surface area contributed by atoms with Crippen LogP contribution in [-0.4, -0.2) is 8.07 Å². The third-order valence-corrected chi connectivity index (χ3v) is 29.9. The van der Waals surface area contributed by atoms with Crippen molar-refractivity contribution in [1.82, 2.24) is 0 Å². The average molecular weight is 1420 g/mol. The van der Waals surface area contributed by atoms with Gasteiger partial charge in [-0.2, -0.15) is 0 Å². The Labute approximate surface area is 586 Å². The first kappa shape index (κ1) is 79.3. The summed E-state index contributed by atoms with van der Waals surface area (Å²) in [5.41, 5.74) is 8.33. The molecule has 0 aliphatic heterocycles. The van der Waals surface area contributed by atoms with Crippen molar-refractivity contribution in [1.29, 1.82) is 0 Å². The summed E-state index contributed by atoms with van der Waals surface area (Å²) < 4.78 is 0. The van der Waals surface area contributed by atoms with Crippen molar-refractivity contribution < 1.29 is 37.9 Å². The van der Waals surface area contributed by atoms with Crippen LogP contribution in [0.4, 0.5) is 0 Å². The van der Waals surface area contributed by atoms with Gasteiger partial charge in [0.05, 0.1) is 8.07 Å². The molecule has 3 aromatic rings. The van der Waals surface area contributed by atoms with E-state index in [4.69, 9.17) is 35.6 Å². The summed E-state index contributed by atoms with van der Waals surface area (Å²) >= 11 is -1.38. The summed E-state index contributed by atoms with van der Waals surface area (Å²) in [4.78, 5) is 0. The number of rotatable bonds is 13. The maximum atomic E-state index is 4.93. The van der Waals surface area contributed by atoms with Crippen LogP contribution in [0.15, 0.2) is 140 Å². The Hall–Kier alpha value is -0.406. The fourth-order valence-electron chi connectivity index (χ4n) is 22.6. The van der Waals surface area contributed by atoms with Gasteiger partial charge in [-0.1, -0.05) is 234 Å². The molecule has 9 aliphatic carbocycles. The molecular weight excluding hydrogens is 1290 g/mol. The normalized spacial score (nSPS) is 33.1. The molecule has 7 heteroatoms. The van der Waals surface area contributed by atoms with Crippen LogP contribution in [0.1, 0.15) is 200 Å². The molecule has 12 rings (SSSR count). The second kappa shape index (κ2) is 35.2. The molecule has 3 aromatic carbocycles. The summed E-state index contributed by atoms with van der Waals surface area (Å²) in [6.45, 7) is 31.4. The second-order valence-corrected chi connectivity index (χ2v) is 43.5. The van der Waals surface area contributed by atoms with Gasteiger partial charge in [0.1, 0.15) is 0 Å². The minimum atomic E-state index is -1.33. The van der Waals surface area contributed by atoms with E-state index in [0.717, 1.165) is 83.0 Å². The molecule has 0 spiro atoms. The van der Waals surface area contributed by atoms with Gasteiger partial charge in [-0.3, -0.25) is 0 Å². The van der Waals surface area contributed by atoms with Gasteiger partial charge in [0.15, 0.2) is 0 Å². The van der Waals surface area contributed by atoms with Crippen molar-refractivity contribution in [2.45, 2.75) is 219 Å². The zero-order valence-electron chi connectivity index (χ0n) is 58.3. The second-order valence-electron chi connectivity index (χ2n) is 32.0. The summed E-state index contributed by atoms with van der Waals surface area (Å²) in [6.07, 6.45) is 42.8. The van der Waals surface area contributed by atoms with Crippen LogP contribution in [0.25, 0.3) is 0 Å². The molecule has 0 saturated heterocycles. The van der Waals surface area contributed by atoms with Crippen LogP contribution in [0, 0.1) is 135 Å². The predicted octanol–water partition coefficient (Wildman–Crippen LogP) is 26.7. The SMILES string of the molecule is C=CCCC1CCC(C(c2ccccc2)(c2ccccc2)C2C3C=C(C(C)(C)C)C=CC3C3CCC(C(C)(C)C)CC32)C1.C=CC[Si](C)(C)C1CC(C(C)(c2ccccc2)C2C3CCCCC3C3CCCCC32)C2CCCCC21.[CH3-].[CH3-].[CH3-].[CH3-].[Cl][Ti][Cl].[Cl][Zr+2][Cl]. The first-order valence-electron chi connectivity index (χ1n) is 34.6. The number of hydrogen-bond acceptors (Lipinski definition) is 0. The van der Waals surface area contributed by atoms with Crippen molar-refractivity contribution in [3.63, 3.8) is 0 Å². The number of benzene rings is 3. The molecule has 0 heterocycles. The van der Waals surface area contributed by atoms with Crippen LogP contribution in [-0.2, 0) is 48.7 Å². The fourth-order valence-corrected chi connectivity index (χ4v) is 26.1. The van der Waals surface area contributed by atoms with Crippen molar-refractivity contribution in [2.75, 3.05) is 0 Å². The van der Waals surface area contributed by atoms with Crippen molar-refractivity contribution in [3.05, 3.63) is 187 Å². The minimum absolute atomic E-state index is 0. The van der Waals surface area contributed by atoms with E-state index in [9.17, 15) is 0 Å². The Balaban J connectivity index is 0.000000289. The van der Waals surface area contributed by atoms with Gasteiger partial charge < -0.3 is 29.7 Å². The molecule has 17 atom stereocenters. The molecule has 8 saturated carbocycles. The van der Waals surface area contributed by atoms with E-state index in [2.05, 4.69) is 196 Å². The van der Waals surface area contributed by atoms with Gasteiger partial charge >= 0.3 is 73.5 Å². The fraction of sp³-hybridized carbons (Fsp3) is 0.634. The maximum absolute atomic E-state index is 4.93. The zero-order valence-corrected chi connectivity index (χ0v) is 66.4. The standard InChI is InChI=1S/C43H58.C35H54Si.4CH3.4ClH.Ti.Zr/c1-8-9-16-30-21-22-35(27-30)43(31-17-12-10-13-18-31,32-19-14-11-15-20-32)40-38-28-33(41(2,3)4)23-25-36(38)37-26-24-34(29-39(37)40)42(5,6)7;1-5-23-36(3,4)33-24-32(28-19-11-12-20-29(28)33)35(2,25-15-7-6-8-16-25)34-30-21-13-9-17-26(30)27-18-10-14-22-31(27)34;;;;;;;;;;/h8,10-15,17-20,23,25,28,30,34-40H,1,9,16,21-22,24,26-27,29H2,2-7H3;5-8,15-16,26-34H,1,9-14,17-24H2,2-4H3;4*1H3;4*1H;;/q;;4*-1;;;;;+2;+4/p-4. The number of fused-ring (bicyclic) bond motifs is 7. The van der Waals surface area contributed by atoms with E-state index < -0.39 is 46.0 Å². The quantitative estimate of drug-likeness (QED) is 0.0909. The Morgan fingerprint density at radius 2 is 1.00 bits per heavy atom. The third kappa shape index (κ3) is 16.8. The van der Waals surface area contributed by atoms with E-state index in [0.29, 0.717) is 34.5 Å². The third-order valence-electron chi connectivity index (χ3n) is 25.9. The Morgan fingerprint density at radius 3 is 1.48 bits per heavy atom. The molecule has 89 heavy (non-hydrogen) atoms. The van der Waals surface area contributed by atoms with Gasteiger partial charge in [0.25, 0.3) is 0 Å². The Bertz CT molecular complexity index is 2560. The molecule has 0 aromatic heterocycles. The summed E-state index contributed by atoms with van der Waals surface area (Å²) in [6, 6.07) is 37.3. The van der Waals surface area contributed by atoms with Gasteiger partial charge in [-0.15, -0.1) is 13.2 Å². The number of halogens is 4. The van der Waals surface area contributed by atoms with Gasteiger partial charge in [-0.25, -0.2) is 0 Å². The van der Waals surface area contributed by atoms with E-state index in [1.54, 1.807) is 35.1 Å². The molecule has 0 amide bonds. The average Bonchev–Trinajstić information content (AvgIpc) is 1.60. The topological polar surface area (TPSA) is 0 Å². The van der Waals surface area contributed by atoms with Gasteiger partial charge in [0.2, 0.25) is 0 Å². The van der Waals surface area contributed by atoms with E-state index >= 15 is 0 Å². The molecular formula is C82H124Cl4SiTiZr-2. The first-order chi connectivity index (χ1) is 40.8. The monoisotopic (exact) mass is 1410 g/mol. The van der Waals surface area contributed by atoms with E-state index in [1.807, 2.05) is 0 Å². The predicted molar refractivity (Wildman–Crippen MR) is 392 cm³/mol. The molecule has 8 fully saturated rings. The van der Waals surface area contributed by atoms with Crippen molar-refractivity contribution in [2.24, 2.45) is 106 Å². The van der Waals surface area contributed by atoms with Crippen LogP contribution in [0.2, 0.25) is 24.7 Å². The molecule has 0 nitrogen and oxygen atoms in total. The zero-order chi connectivity index (χ0) is 60.7. The molecule has 9 aliphatic rings. The molecule has 0 radical (unpaired) electrons. The van der Waals surface area contributed by atoms with Gasteiger partial charge in [0, 0.05) is 5.41 Å².